The van der Waals surface area contributed by atoms with Crippen LogP contribution >= 0.6 is 11.5 Å². The Kier molecular flexibility index (Phi) is 6.28. The first-order valence-electron chi connectivity index (χ1n) is 7.18. The Bertz CT molecular complexity index is 851. The molecule has 0 saturated heterocycles. The number of methoxy groups -OCH3 is 2. The van der Waals surface area contributed by atoms with E-state index in [-0.39, 0.29) is 29.6 Å². The summed E-state index contributed by atoms with van der Waals surface area (Å²) >= 11 is 0.985. The van der Waals surface area contributed by atoms with E-state index in [1.165, 1.54) is 26.4 Å². The van der Waals surface area contributed by atoms with E-state index >= 15 is 0 Å². The van der Waals surface area contributed by atoms with Crippen LogP contribution in [0.5, 0.6) is 11.5 Å². The molecule has 0 unspecified atom stereocenters. The molecule has 0 saturated carbocycles. The fraction of sp³-hybridized carbons (Fsp3) is 0.357. The van der Waals surface area contributed by atoms with E-state index in [0.717, 1.165) is 11.5 Å². The molecule has 0 aliphatic rings. The number of ether oxygens (including phenoxy) is 2. The van der Waals surface area contributed by atoms with Crippen LogP contribution in [-0.2, 0) is 10.0 Å². The highest BCUT2D eigenvalue weighted by Crippen LogP contribution is 2.27. The van der Waals surface area contributed by atoms with Gasteiger partial charge in [0.15, 0.2) is 0 Å². The van der Waals surface area contributed by atoms with Gasteiger partial charge in [0.2, 0.25) is 10.0 Å². The summed E-state index contributed by atoms with van der Waals surface area (Å²) in [4.78, 5) is 12.3. The van der Waals surface area contributed by atoms with Gasteiger partial charge in [-0.1, -0.05) is 4.49 Å². The molecule has 0 fully saturated rings. The Morgan fingerprint density at radius 3 is 2.60 bits per heavy atom. The first-order valence-corrected chi connectivity index (χ1v) is 9.43. The van der Waals surface area contributed by atoms with Crippen LogP contribution in [0.15, 0.2) is 23.1 Å². The van der Waals surface area contributed by atoms with Crippen LogP contribution in [-0.4, -0.2) is 51.2 Å². The molecule has 9 nitrogen and oxygen atoms in total. The lowest BCUT2D eigenvalue weighted by atomic mass is 10.3. The van der Waals surface area contributed by atoms with E-state index < -0.39 is 10.0 Å². The van der Waals surface area contributed by atoms with Gasteiger partial charge in [0.05, 0.1) is 19.9 Å². The van der Waals surface area contributed by atoms with Crippen molar-refractivity contribution in [2.24, 2.45) is 0 Å². The number of rotatable bonds is 8. The Morgan fingerprint density at radius 2 is 2.00 bits per heavy atom. The van der Waals surface area contributed by atoms with Crippen LogP contribution < -0.4 is 19.5 Å². The van der Waals surface area contributed by atoms with Crippen molar-refractivity contribution in [2.45, 2.75) is 11.8 Å². The zero-order valence-corrected chi connectivity index (χ0v) is 15.5. The number of benzene rings is 1. The minimum absolute atomic E-state index is 0.0136. The predicted molar refractivity (Wildman–Crippen MR) is 91.7 cm³/mol. The number of carbonyl (C=O) groups is 1. The fourth-order valence-corrected chi connectivity index (χ4v) is 3.74. The minimum Gasteiger partial charge on any atom is -0.497 e. The van der Waals surface area contributed by atoms with Gasteiger partial charge in [-0.25, -0.2) is 13.1 Å². The maximum absolute atomic E-state index is 12.4. The van der Waals surface area contributed by atoms with Crippen molar-refractivity contribution in [3.8, 4) is 11.5 Å². The molecule has 0 aliphatic heterocycles. The standard InChI is InChI=1S/C14H18N4O5S2/c1-9-13(24-18-17-9)14(19)15-6-7-16-25(20,21)12-8-10(22-2)4-5-11(12)23-3/h4-5,8,16H,6-7H2,1-3H3,(H,15,19). The van der Waals surface area contributed by atoms with E-state index in [0.29, 0.717) is 16.3 Å². The maximum atomic E-state index is 12.4. The van der Waals surface area contributed by atoms with Crippen LogP contribution in [0.3, 0.4) is 0 Å². The summed E-state index contributed by atoms with van der Waals surface area (Å²) in [5, 5.41) is 6.36. The molecule has 0 radical (unpaired) electrons. The second-order valence-corrected chi connectivity index (χ2v) is 7.35. The van der Waals surface area contributed by atoms with Gasteiger partial charge in [-0.3, -0.25) is 4.79 Å². The molecule has 1 aromatic carbocycles. The average Bonchev–Trinajstić information content (AvgIpc) is 3.04. The monoisotopic (exact) mass is 386 g/mol. The van der Waals surface area contributed by atoms with Crippen LogP contribution in [0, 0.1) is 6.92 Å². The lowest BCUT2D eigenvalue weighted by Gasteiger charge is -2.12. The van der Waals surface area contributed by atoms with E-state index in [4.69, 9.17) is 9.47 Å². The number of carbonyl (C=O) groups excluding carboxylic acids is 1. The highest BCUT2D eigenvalue weighted by molar-refractivity contribution is 7.89. The highest BCUT2D eigenvalue weighted by atomic mass is 32.2. The van der Waals surface area contributed by atoms with Crippen LogP contribution in [0.1, 0.15) is 15.4 Å². The number of amides is 1. The number of hydrogen-bond acceptors (Lipinski definition) is 8. The van der Waals surface area contributed by atoms with Gasteiger partial charge in [0.1, 0.15) is 21.3 Å². The number of sulfonamides is 1. The molecule has 0 atom stereocenters. The van der Waals surface area contributed by atoms with E-state index in [9.17, 15) is 13.2 Å². The van der Waals surface area contributed by atoms with Crippen molar-refractivity contribution < 1.29 is 22.7 Å². The molecule has 2 N–H and O–H groups in total. The highest BCUT2D eigenvalue weighted by Gasteiger charge is 2.20. The lowest BCUT2D eigenvalue weighted by molar-refractivity contribution is 0.0957. The summed E-state index contributed by atoms with van der Waals surface area (Å²) in [5.74, 6) is 0.247. The SMILES string of the molecule is COc1ccc(OC)c(S(=O)(=O)NCCNC(=O)c2snnc2C)c1. The van der Waals surface area contributed by atoms with Gasteiger partial charge in [0, 0.05) is 19.2 Å². The van der Waals surface area contributed by atoms with Crippen molar-refractivity contribution in [3.05, 3.63) is 28.8 Å². The first-order chi connectivity index (χ1) is 11.9. The van der Waals surface area contributed by atoms with Crippen LogP contribution in [0.2, 0.25) is 0 Å². The summed E-state index contributed by atoms with van der Waals surface area (Å²) < 4.78 is 41.1. The first kappa shape index (κ1) is 19.1. The van der Waals surface area contributed by atoms with Crippen molar-refractivity contribution in [3.63, 3.8) is 0 Å². The van der Waals surface area contributed by atoms with Crippen molar-refractivity contribution in [1.82, 2.24) is 19.6 Å². The molecule has 1 heterocycles. The van der Waals surface area contributed by atoms with Crippen LogP contribution in [0.4, 0.5) is 0 Å². The molecule has 11 heteroatoms. The van der Waals surface area contributed by atoms with E-state index in [2.05, 4.69) is 19.6 Å². The quantitative estimate of drug-likeness (QED) is 0.637. The molecule has 25 heavy (non-hydrogen) atoms. The topological polar surface area (TPSA) is 120 Å². The molecule has 1 amide bonds. The molecular weight excluding hydrogens is 368 g/mol. The molecule has 1 aromatic heterocycles. The second-order valence-electron chi connectivity index (χ2n) is 4.86. The third-order valence-electron chi connectivity index (χ3n) is 3.22. The van der Waals surface area contributed by atoms with E-state index in [1.807, 2.05) is 0 Å². The summed E-state index contributed by atoms with van der Waals surface area (Å²) in [6.45, 7) is 1.80. The van der Waals surface area contributed by atoms with Gasteiger partial charge in [0.25, 0.3) is 5.91 Å². The van der Waals surface area contributed by atoms with Crippen LogP contribution in [0.25, 0.3) is 0 Å². The molecule has 0 bridgehead atoms. The fourth-order valence-electron chi connectivity index (χ4n) is 1.95. The number of aromatic nitrogens is 2. The summed E-state index contributed by atoms with van der Waals surface area (Å²) in [6.07, 6.45) is 0. The summed E-state index contributed by atoms with van der Waals surface area (Å²) in [6, 6.07) is 4.48. The molecular formula is C14H18N4O5S2. The Balaban J connectivity index is 1.98. The van der Waals surface area contributed by atoms with Gasteiger partial charge in [-0.2, -0.15) is 0 Å². The Hall–Kier alpha value is -2.24. The van der Waals surface area contributed by atoms with Gasteiger partial charge >= 0.3 is 0 Å². The van der Waals surface area contributed by atoms with Crippen molar-refractivity contribution >= 4 is 27.5 Å². The number of nitrogens with zero attached hydrogens (tertiary/aromatic N) is 2. The average molecular weight is 386 g/mol. The molecule has 2 aromatic rings. The van der Waals surface area contributed by atoms with Crippen molar-refractivity contribution in [2.75, 3.05) is 27.3 Å². The molecule has 136 valence electrons. The predicted octanol–water partition coefficient (Wildman–Crippen LogP) is 0.572. The lowest BCUT2D eigenvalue weighted by Crippen LogP contribution is -2.34. The Labute approximate surface area is 149 Å². The van der Waals surface area contributed by atoms with Gasteiger partial charge in [-0.05, 0) is 30.6 Å². The number of aryl methyl sites for hydroxylation is 1. The summed E-state index contributed by atoms with van der Waals surface area (Å²) in [7, 11) is -1.00. The number of nitrogens with one attached hydrogen (secondary N) is 2. The number of hydrogen-bond donors (Lipinski definition) is 2. The zero-order valence-electron chi connectivity index (χ0n) is 13.9. The second kappa shape index (κ2) is 8.23. The molecule has 2 rings (SSSR count). The summed E-state index contributed by atoms with van der Waals surface area (Å²) in [5.41, 5.74) is 0.532. The molecule has 0 spiro atoms. The van der Waals surface area contributed by atoms with Crippen molar-refractivity contribution in [1.29, 1.82) is 0 Å². The smallest absolute Gasteiger partial charge is 0.264 e. The normalized spacial score (nSPS) is 11.2. The minimum atomic E-state index is -3.82. The largest absolute Gasteiger partial charge is 0.497 e. The third kappa shape index (κ3) is 4.65. The zero-order chi connectivity index (χ0) is 18.4. The Morgan fingerprint density at radius 1 is 1.24 bits per heavy atom. The third-order valence-corrected chi connectivity index (χ3v) is 5.53. The maximum Gasteiger partial charge on any atom is 0.264 e. The van der Waals surface area contributed by atoms with Gasteiger partial charge < -0.3 is 14.8 Å². The van der Waals surface area contributed by atoms with Gasteiger partial charge in [-0.15, -0.1) is 5.10 Å². The van der Waals surface area contributed by atoms with E-state index in [1.54, 1.807) is 13.0 Å². The molecule has 0 aliphatic carbocycles.